The monoisotopic (exact) mass is 250 g/mol. The summed E-state index contributed by atoms with van der Waals surface area (Å²) in [7, 11) is 0. The lowest BCUT2D eigenvalue weighted by Crippen LogP contribution is -2.44. The van der Waals surface area contributed by atoms with E-state index in [0.29, 0.717) is 6.54 Å². The number of nitrogens with one attached hydrogen (secondary N) is 1. The number of amides is 1. The minimum absolute atomic E-state index is 0.145. The molecule has 1 amide bonds. The van der Waals surface area contributed by atoms with Gasteiger partial charge in [-0.15, -0.1) is 0 Å². The summed E-state index contributed by atoms with van der Waals surface area (Å²) < 4.78 is 0. The molecule has 1 rings (SSSR count). The molecule has 0 spiro atoms. The lowest BCUT2D eigenvalue weighted by molar-refractivity contribution is -0.126. The molecule has 0 heterocycles. The maximum atomic E-state index is 11.9. The van der Waals surface area contributed by atoms with Crippen LogP contribution < -0.4 is 11.1 Å². The maximum absolute atomic E-state index is 11.9. The van der Waals surface area contributed by atoms with Gasteiger partial charge < -0.3 is 11.1 Å². The summed E-state index contributed by atoms with van der Waals surface area (Å²) in [4.78, 5) is 12.1. The second kappa shape index (κ2) is 5.27. The van der Waals surface area contributed by atoms with Crippen molar-refractivity contribution in [3.05, 3.63) is 35.4 Å². The maximum Gasteiger partial charge on any atom is 0.232 e. The molecule has 0 aromatic heterocycles. The van der Waals surface area contributed by atoms with Gasteiger partial charge in [-0.3, -0.25) is 4.79 Å². The van der Waals surface area contributed by atoms with E-state index in [4.69, 9.17) is 18.0 Å². The fourth-order valence-corrected chi connectivity index (χ4v) is 1.41. The Morgan fingerprint density at radius 1 is 1.41 bits per heavy atom. The predicted octanol–water partition coefficient (Wildman–Crippen LogP) is 1.92. The lowest BCUT2D eigenvalue weighted by atomic mass is 9.92. The Hall–Kier alpha value is -1.42. The van der Waals surface area contributed by atoms with Gasteiger partial charge in [-0.25, -0.2) is 0 Å². The van der Waals surface area contributed by atoms with E-state index in [9.17, 15) is 4.79 Å². The third kappa shape index (κ3) is 3.27. The van der Waals surface area contributed by atoms with Crippen molar-refractivity contribution in [1.29, 1.82) is 0 Å². The van der Waals surface area contributed by atoms with Crippen LogP contribution in [-0.2, 0) is 11.3 Å². The number of hydrogen-bond donors (Lipinski definition) is 2. The number of thiocarbonyl (C=S) groups is 1. The normalized spacial score (nSPS) is 11.0. The third-order valence-electron chi connectivity index (χ3n) is 2.88. The Balaban J connectivity index is 2.67. The largest absolute Gasteiger partial charge is 0.392 e. The Kier molecular flexibility index (Phi) is 4.23. The molecule has 17 heavy (non-hydrogen) atoms. The van der Waals surface area contributed by atoms with Crippen molar-refractivity contribution in [1.82, 2.24) is 5.32 Å². The van der Waals surface area contributed by atoms with Crippen molar-refractivity contribution < 1.29 is 4.79 Å². The van der Waals surface area contributed by atoms with Gasteiger partial charge in [0.2, 0.25) is 5.91 Å². The SMILES string of the molecule is Cc1ccccc1CNC(=O)C(C)(C)C(N)=S. The first-order valence-corrected chi connectivity index (χ1v) is 5.89. The van der Waals surface area contributed by atoms with Crippen LogP contribution in [0.5, 0.6) is 0 Å². The molecule has 3 N–H and O–H groups in total. The highest BCUT2D eigenvalue weighted by Gasteiger charge is 2.30. The van der Waals surface area contributed by atoms with Crippen molar-refractivity contribution in [3.63, 3.8) is 0 Å². The molecule has 0 saturated carbocycles. The quantitative estimate of drug-likeness (QED) is 0.803. The van der Waals surface area contributed by atoms with Crippen molar-refractivity contribution in [2.75, 3.05) is 0 Å². The molecule has 92 valence electrons. The summed E-state index contributed by atoms with van der Waals surface area (Å²) in [5, 5.41) is 2.85. The Bertz CT molecular complexity index is 441. The van der Waals surface area contributed by atoms with E-state index in [2.05, 4.69) is 5.32 Å². The molecular formula is C13H18N2OS. The van der Waals surface area contributed by atoms with Crippen molar-refractivity contribution >= 4 is 23.1 Å². The Morgan fingerprint density at radius 2 is 2.00 bits per heavy atom. The van der Waals surface area contributed by atoms with E-state index in [1.807, 2.05) is 31.2 Å². The average molecular weight is 250 g/mol. The van der Waals surface area contributed by atoms with Crippen molar-refractivity contribution in [2.45, 2.75) is 27.3 Å². The minimum atomic E-state index is -0.808. The van der Waals surface area contributed by atoms with Gasteiger partial charge in [0.05, 0.1) is 10.4 Å². The number of hydrogen-bond acceptors (Lipinski definition) is 2. The van der Waals surface area contributed by atoms with E-state index in [-0.39, 0.29) is 10.9 Å². The van der Waals surface area contributed by atoms with Gasteiger partial charge in [0.25, 0.3) is 0 Å². The number of carbonyl (C=O) groups excluding carboxylic acids is 1. The summed E-state index contributed by atoms with van der Waals surface area (Å²) in [5.74, 6) is -0.145. The van der Waals surface area contributed by atoms with Crippen LogP contribution in [0.15, 0.2) is 24.3 Å². The first kappa shape index (κ1) is 13.6. The topological polar surface area (TPSA) is 55.1 Å². The molecule has 3 nitrogen and oxygen atoms in total. The summed E-state index contributed by atoms with van der Waals surface area (Å²) >= 11 is 4.88. The molecule has 0 radical (unpaired) electrons. The number of aryl methyl sites for hydroxylation is 1. The summed E-state index contributed by atoms with van der Waals surface area (Å²) in [6, 6.07) is 7.93. The smallest absolute Gasteiger partial charge is 0.232 e. The van der Waals surface area contributed by atoms with Crippen LogP contribution >= 0.6 is 12.2 Å². The lowest BCUT2D eigenvalue weighted by Gasteiger charge is -2.22. The molecule has 0 bridgehead atoms. The zero-order valence-electron chi connectivity index (χ0n) is 10.4. The van der Waals surface area contributed by atoms with Crippen molar-refractivity contribution in [2.24, 2.45) is 11.1 Å². The zero-order chi connectivity index (χ0) is 13.1. The summed E-state index contributed by atoms with van der Waals surface area (Å²) in [5.41, 5.74) is 6.98. The fraction of sp³-hybridized carbons (Fsp3) is 0.385. The van der Waals surface area contributed by atoms with Gasteiger partial charge in [0.15, 0.2) is 0 Å². The number of nitrogens with two attached hydrogens (primary N) is 1. The van der Waals surface area contributed by atoms with Gasteiger partial charge >= 0.3 is 0 Å². The molecular weight excluding hydrogens is 232 g/mol. The molecule has 0 unspecified atom stereocenters. The molecule has 1 aromatic carbocycles. The van der Waals surface area contributed by atoms with E-state index < -0.39 is 5.41 Å². The Labute approximate surface area is 107 Å². The predicted molar refractivity (Wildman–Crippen MR) is 73.6 cm³/mol. The number of rotatable bonds is 4. The molecule has 0 aliphatic carbocycles. The van der Waals surface area contributed by atoms with Crippen LogP contribution in [-0.4, -0.2) is 10.9 Å². The molecule has 0 aliphatic rings. The summed E-state index contributed by atoms with van der Waals surface area (Å²) in [6.07, 6.45) is 0. The highest BCUT2D eigenvalue weighted by Crippen LogP contribution is 2.16. The zero-order valence-corrected chi connectivity index (χ0v) is 11.2. The van der Waals surface area contributed by atoms with Crippen LogP contribution in [0.25, 0.3) is 0 Å². The van der Waals surface area contributed by atoms with Gasteiger partial charge in [-0.05, 0) is 31.9 Å². The van der Waals surface area contributed by atoms with E-state index >= 15 is 0 Å². The van der Waals surface area contributed by atoms with E-state index in [0.717, 1.165) is 11.1 Å². The number of carbonyl (C=O) groups is 1. The second-order valence-electron chi connectivity index (χ2n) is 4.60. The van der Waals surface area contributed by atoms with Crippen LogP contribution in [0.4, 0.5) is 0 Å². The molecule has 0 aliphatic heterocycles. The van der Waals surface area contributed by atoms with Crippen LogP contribution in [0.3, 0.4) is 0 Å². The van der Waals surface area contributed by atoms with Crippen LogP contribution in [0.1, 0.15) is 25.0 Å². The Morgan fingerprint density at radius 3 is 2.53 bits per heavy atom. The summed E-state index contributed by atoms with van der Waals surface area (Å²) in [6.45, 7) is 5.96. The minimum Gasteiger partial charge on any atom is -0.392 e. The molecule has 0 fully saturated rings. The van der Waals surface area contributed by atoms with Gasteiger partial charge in [-0.2, -0.15) is 0 Å². The van der Waals surface area contributed by atoms with Crippen LogP contribution in [0, 0.1) is 12.3 Å². The van der Waals surface area contributed by atoms with Gasteiger partial charge in [0.1, 0.15) is 0 Å². The number of benzene rings is 1. The molecule has 4 heteroatoms. The van der Waals surface area contributed by atoms with E-state index in [1.165, 1.54) is 0 Å². The third-order valence-corrected chi connectivity index (χ3v) is 3.39. The standard InChI is InChI=1S/C13H18N2OS/c1-9-6-4-5-7-10(9)8-15-12(16)13(2,3)11(14)17/h4-7H,8H2,1-3H3,(H2,14,17)(H,15,16). The average Bonchev–Trinajstić information content (AvgIpc) is 2.27. The first-order chi connectivity index (χ1) is 7.85. The van der Waals surface area contributed by atoms with Gasteiger partial charge in [0, 0.05) is 6.54 Å². The molecule has 0 saturated heterocycles. The fourth-order valence-electron chi connectivity index (χ4n) is 1.32. The van der Waals surface area contributed by atoms with E-state index in [1.54, 1.807) is 13.8 Å². The van der Waals surface area contributed by atoms with Crippen molar-refractivity contribution in [3.8, 4) is 0 Å². The highest BCUT2D eigenvalue weighted by molar-refractivity contribution is 7.80. The van der Waals surface area contributed by atoms with Gasteiger partial charge in [-0.1, -0.05) is 36.5 Å². The molecule has 0 atom stereocenters. The second-order valence-corrected chi connectivity index (χ2v) is 5.04. The van der Waals surface area contributed by atoms with Crippen LogP contribution in [0.2, 0.25) is 0 Å². The first-order valence-electron chi connectivity index (χ1n) is 5.48. The highest BCUT2D eigenvalue weighted by atomic mass is 32.1. The molecule has 1 aromatic rings.